The van der Waals surface area contributed by atoms with E-state index in [1.165, 1.54) is 12.4 Å². The summed E-state index contributed by atoms with van der Waals surface area (Å²) in [4.78, 5) is 30.3. The minimum absolute atomic E-state index is 0.0721. The first kappa shape index (κ1) is 50.6. The lowest BCUT2D eigenvalue weighted by Crippen LogP contribution is -2.16. The van der Waals surface area contributed by atoms with E-state index in [0.29, 0.717) is 73.1 Å². The van der Waals surface area contributed by atoms with Crippen molar-refractivity contribution in [1.82, 2.24) is 20.6 Å². The first-order chi connectivity index (χ1) is 32.9. The van der Waals surface area contributed by atoms with Gasteiger partial charge in [0, 0.05) is 85.1 Å². The number of carboxylic acids is 2. The third kappa shape index (κ3) is 14.6. The summed E-state index contributed by atoms with van der Waals surface area (Å²) in [7, 11) is 0. The van der Waals surface area contributed by atoms with Crippen molar-refractivity contribution in [3.8, 4) is 46.3 Å². The molecular weight excluding hydrogens is 996 g/mol. The maximum Gasteiger partial charge on any atom is 0.303 e. The SMILES string of the molecule is Cc1c(COc2cc(OCc3cncc(C#N)c3)c(CNCCCC(=O)O)cc2Br)cccc1-c1cccc(COc2cc(OCc3cncc(C#N)c3)c(CNCCCC(=O)O)cc2Br)c1C. The summed E-state index contributed by atoms with van der Waals surface area (Å²) in [5, 5.41) is 43.4. The van der Waals surface area contributed by atoms with Crippen LogP contribution in [0, 0.1) is 36.5 Å². The average Bonchev–Trinajstić information content (AvgIpc) is 3.33. The van der Waals surface area contributed by atoms with E-state index in [4.69, 9.17) is 29.2 Å². The van der Waals surface area contributed by atoms with Crippen molar-refractivity contribution in [1.29, 1.82) is 10.5 Å². The lowest BCUT2D eigenvalue weighted by Gasteiger charge is -2.19. The molecule has 6 rings (SSSR count). The van der Waals surface area contributed by atoms with Crippen molar-refractivity contribution in [2.24, 2.45) is 0 Å². The highest BCUT2D eigenvalue weighted by atomic mass is 79.9. The molecule has 14 nitrogen and oxygen atoms in total. The van der Waals surface area contributed by atoms with Crippen LogP contribution in [0.25, 0.3) is 11.1 Å². The van der Waals surface area contributed by atoms with Crippen LogP contribution in [0.4, 0.5) is 0 Å². The Morgan fingerprint density at radius 3 is 1.38 bits per heavy atom. The van der Waals surface area contributed by atoms with Crippen LogP contribution in [0.2, 0.25) is 0 Å². The molecule has 0 saturated heterocycles. The quantitative estimate of drug-likeness (QED) is 0.0394. The molecule has 4 aromatic carbocycles. The van der Waals surface area contributed by atoms with Gasteiger partial charge >= 0.3 is 11.9 Å². The van der Waals surface area contributed by atoms with E-state index in [2.05, 4.69) is 90.6 Å². The summed E-state index contributed by atoms with van der Waals surface area (Å²) < 4.78 is 27.0. The van der Waals surface area contributed by atoms with Crippen molar-refractivity contribution in [3.63, 3.8) is 0 Å². The molecule has 0 saturated carbocycles. The second-order valence-corrected chi connectivity index (χ2v) is 17.6. The third-order valence-corrected chi connectivity index (χ3v) is 12.2. The van der Waals surface area contributed by atoms with Gasteiger partial charge in [-0.2, -0.15) is 10.5 Å². The molecule has 350 valence electrons. The summed E-state index contributed by atoms with van der Waals surface area (Å²) >= 11 is 7.40. The molecule has 0 spiro atoms. The Morgan fingerprint density at radius 2 is 0.985 bits per heavy atom. The van der Waals surface area contributed by atoms with E-state index in [1.54, 1.807) is 24.5 Å². The van der Waals surface area contributed by atoms with Crippen LogP contribution in [-0.2, 0) is 49.1 Å². The molecule has 2 aromatic heterocycles. The molecule has 6 aromatic rings. The number of ether oxygens (including phenoxy) is 4. The first-order valence-corrected chi connectivity index (χ1v) is 23.4. The van der Waals surface area contributed by atoms with E-state index in [9.17, 15) is 20.1 Å². The van der Waals surface area contributed by atoms with Gasteiger partial charge in [-0.15, -0.1) is 0 Å². The zero-order valence-electron chi connectivity index (χ0n) is 37.6. The van der Waals surface area contributed by atoms with Gasteiger partial charge in [-0.1, -0.05) is 36.4 Å². The van der Waals surface area contributed by atoms with Crippen molar-refractivity contribution in [2.45, 2.75) is 79.0 Å². The minimum atomic E-state index is -0.841. The van der Waals surface area contributed by atoms with Gasteiger partial charge in [-0.05, 0) is 129 Å². The van der Waals surface area contributed by atoms with Crippen molar-refractivity contribution < 1.29 is 38.7 Å². The zero-order valence-corrected chi connectivity index (χ0v) is 40.8. The Hall–Kier alpha value is -6.82. The molecule has 0 amide bonds. The average molecular weight is 1050 g/mol. The van der Waals surface area contributed by atoms with Crippen molar-refractivity contribution in [3.05, 3.63) is 162 Å². The monoisotopic (exact) mass is 1040 g/mol. The number of aromatic nitrogens is 2. The van der Waals surface area contributed by atoms with Gasteiger partial charge < -0.3 is 39.8 Å². The van der Waals surface area contributed by atoms with Gasteiger partial charge in [0.15, 0.2) is 0 Å². The fraction of sp³-hybridized carbons (Fsp3) is 0.269. The maximum absolute atomic E-state index is 11.0. The van der Waals surface area contributed by atoms with Crippen LogP contribution in [0.1, 0.15) is 81.3 Å². The molecule has 0 radical (unpaired) electrons. The molecule has 4 N–H and O–H groups in total. The first-order valence-electron chi connectivity index (χ1n) is 21.8. The van der Waals surface area contributed by atoms with Gasteiger partial charge in [0.2, 0.25) is 0 Å². The number of rotatable bonds is 25. The lowest BCUT2D eigenvalue weighted by atomic mass is 9.92. The van der Waals surface area contributed by atoms with Crippen LogP contribution in [0.5, 0.6) is 23.0 Å². The number of nitrogens with zero attached hydrogens (tertiary/aromatic N) is 4. The van der Waals surface area contributed by atoms with Crippen LogP contribution in [-0.4, -0.2) is 45.2 Å². The predicted molar refractivity (Wildman–Crippen MR) is 262 cm³/mol. The highest BCUT2D eigenvalue weighted by molar-refractivity contribution is 9.11. The van der Waals surface area contributed by atoms with Crippen LogP contribution >= 0.6 is 31.9 Å². The maximum atomic E-state index is 11.0. The van der Waals surface area contributed by atoms with Crippen LogP contribution < -0.4 is 29.6 Å². The second kappa shape index (κ2) is 25.4. The topological polar surface area (TPSA) is 209 Å². The number of aliphatic carboxylic acids is 2. The van der Waals surface area contributed by atoms with Gasteiger partial charge in [0.05, 0.1) is 20.1 Å². The van der Waals surface area contributed by atoms with E-state index in [-0.39, 0.29) is 39.3 Å². The summed E-state index contributed by atoms with van der Waals surface area (Å²) in [5.41, 5.74) is 10.2. The Labute approximate surface area is 412 Å². The molecule has 0 unspecified atom stereocenters. The third-order valence-electron chi connectivity index (χ3n) is 10.9. The number of hydrogen-bond donors (Lipinski definition) is 4. The largest absolute Gasteiger partial charge is 0.488 e. The lowest BCUT2D eigenvalue weighted by molar-refractivity contribution is -0.138. The zero-order chi connectivity index (χ0) is 48.4. The summed E-state index contributed by atoms with van der Waals surface area (Å²) in [6.07, 6.45) is 7.42. The Morgan fingerprint density at radius 1 is 0.574 bits per heavy atom. The number of nitriles is 2. The minimum Gasteiger partial charge on any atom is -0.488 e. The highest BCUT2D eigenvalue weighted by Gasteiger charge is 2.17. The smallest absolute Gasteiger partial charge is 0.303 e. The number of hydrogen-bond acceptors (Lipinski definition) is 12. The van der Waals surface area contributed by atoms with Gasteiger partial charge in [0.25, 0.3) is 0 Å². The molecule has 0 aliphatic rings. The molecule has 68 heavy (non-hydrogen) atoms. The number of carboxylic acid groups (broad SMARTS) is 2. The molecule has 0 aliphatic carbocycles. The van der Waals surface area contributed by atoms with Crippen LogP contribution in [0.15, 0.2) is 107 Å². The van der Waals surface area contributed by atoms with E-state index >= 15 is 0 Å². The Balaban J connectivity index is 1.17. The predicted octanol–water partition coefficient (Wildman–Crippen LogP) is 10.3. The van der Waals surface area contributed by atoms with Gasteiger partial charge in [0.1, 0.15) is 61.6 Å². The number of halogens is 2. The second-order valence-electron chi connectivity index (χ2n) is 15.9. The summed E-state index contributed by atoms with van der Waals surface area (Å²) in [6, 6.07) is 27.5. The summed E-state index contributed by atoms with van der Waals surface area (Å²) in [6.45, 7) is 6.95. The Kier molecular flexibility index (Phi) is 18.9. The Bertz CT molecular complexity index is 2640. The fourth-order valence-corrected chi connectivity index (χ4v) is 8.26. The van der Waals surface area contributed by atoms with Gasteiger partial charge in [-0.3, -0.25) is 19.6 Å². The number of benzene rings is 4. The molecule has 2 heterocycles. The van der Waals surface area contributed by atoms with E-state index < -0.39 is 11.9 Å². The number of carbonyl (C=O) groups is 2. The summed E-state index contributed by atoms with van der Waals surface area (Å²) in [5.74, 6) is 0.612. The number of nitrogens with one attached hydrogen (secondary N) is 2. The highest BCUT2D eigenvalue weighted by Crippen LogP contribution is 2.37. The van der Waals surface area contributed by atoms with Gasteiger partial charge in [-0.25, -0.2) is 0 Å². The molecule has 0 fully saturated rings. The molecule has 0 atom stereocenters. The molecule has 0 bridgehead atoms. The molecule has 0 aliphatic heterocycles. The van der Waals surface area contributed by atoms with Crippen LogP contribution in [0.3, 0.4) is 0 Å². The van der Waals surface area contributed by atoms with Crippen molar-refractivity contribution in [2.75, 3.05) is 13.1 Å². The van der Waals surface area contributed by atoms with E-state index in [1.807, 2.05) is 48.5 Å². The van der Waals surface area contributed by atoms with E-state index in [0.717, 1.165) is 64.6 Å². The molecular formula is C52H50Br2N6O8. The standard InChI is InChI=1S/C52H50Br2N6O8/c1-33-39(31-67-49-19-47(65-29-37-15-35(21-55)23-59-25-37)41(17-45(49)53)27-57-13-5-11-51(61)62)7-3-9-43(33)44-10-4-8-40(34(44)2)32-68-50-20-48(66-30-38-16-36(22-56)24-60-26-38)42(18-46(50)54)28-58-14-6-12-52(63)64/h3-4,7-10,15-20,23-26,57-58H,5-6,11-14,27-32H2,1-2H3,(H,61,62)(H,63,64). The number of pyridine rings is 2. The normalized spacial score (nSPS) is 10.8. The van der Waals surface area contributed by atoms with Crippen molar-refractivity contribution >= 4 is 43.8 Å². The molecule has 16 heteroatoms. The fourth-order valence-electron chi connectivity index (χ4n) is 7.25.